The molecule has 2 aliphatic rings. The minimum atomic E-state index is 0.675. The van der Waals surface area contributed by atoms with Crippen LogP contribution in [0.3, 0.4) is 0 Å². The smallest absolute Gasteiger partial charge is 0.00944 e. The SMILES string of the molecule is CC1CC2(CNC2)CN1C. The molecule has 1 spiro atoms. The predicted octanol–water partition coefficient (Wildman–Crippen LogP) is 0.300. The van der Waals surface area contributed by atoms with Gasteiger partial charge in [0.2, 0.25) is 0 Å². The quantitative estimate of drug-likeness (QED) is 0.520. The van der Waals surface area contributed by atoms with Crippen molar-refractivity contribution in [3.8, 4) is 0 Å². The van der Waals surface area contributed by atoms with Crippen LogP contribution < -0.4 is 5.32 Å². The highest BCUT2D eigenvalue weighted by Gasteiger charge is 2.44. The number of rotatable bonds is 0. The summed E-state index contributed by atoms with van der Waals surface area (Å²) in [6.07, 6.45) is 1.40. The first-order valence-electron chi connectivity index (χ1n) is 4.13. The lowest BCUT2D eigenvalue weighted by molar-refractivity contribution is 0.177. The van der Waals surface area contributed by atoms with E-state index in [0.29, 0.717) is 5.41 Å². The van der Waals surface area contributed by atoms with Crippen molar-refractivity contribution in [1.29, 1.82) is 0 Å². The molecule has 2 saturated heterocycles. The van der Waals surface area contributed by atoms with Crippen LogP contribution in [0.4, 0.5) is 0 Å². The van der Waals surface area contributed by atoms with E-state index in [1.54, 1.807) is 0 Å². The molecule has 1 unspecified atom stereocenters. The minimum absolute atomic E-state index is 0.675. The Balaban J connectivity index is 2.03. The van der Waals surface area contributed by atoms with Gasteiger partial charge in [-0.1, -0.05) is 0 Å². The Hall–Kier alpha value is -0.0800. The molecule has 2 heterocycles. The van der Waals surface area contributed by atoms with E-state index in [4.69, 9.17) is 0 Å². The molecule has 0 radical (unpaired) electrons. The van der Waals surface area contributed by atoms with Crippen LogP contribution in [-0.4, -0.2) is 37.6 Å². The lowest BCUT2D eigenvalue weighted by atomic mass is 9.80. The standard InChI is InChI=1S/C8H16N2/c1-7-3-8(4-9-5-8)6-10(7)2/h7,9H,3-6H2,1-2H3. The zero-order valence-corrected chi connectivity index (χ0v) is 6.85. The maximum absolute atomic E-state index is 3.36. The first kappa shape index (κ1) is 6.62. The summed E-state index contributed by atoms with van der Waals surface area (Å²) in [7, 11) is 2.23. The Morgan fingerprint density at radius 2 is 2.20 bits per heavy atom. The van der Waals surface area contributed by atoms with Crippen LogP contribution in [-0.2, 0) is 0 Å². The fourth-order valence-corrected chi connectivity index (χ4v) is 2.27. The van der Waals surface area contributed by atoms with E-state index in [1.165, 1.54) is 26.1 Å². The van der Waals surface area contributed by atoms with Gasteiger partial charge >= 0.3 is 0 Å². The summed E-state index contributed by atoms with van der Waals surface area (Å²) >= 11 is 0. The highest BCUT2D eigenvalue weighted by molar-refractivity contribution is 5.01. The van der Waals surface area contributed by atoms with Crippen molar-refractivity contribution in [2.45, 2.75) is 19.4 Å². The maximum Gasteiger partial charge on any atom is 0.00944 e. The van der Waals surface area contributed by atoms with Crippen molar-refractivity contribution in [3.05, 3.63) is 0 Å². The highest BCUT2D eigenvalue weighted by Crippen LogP contribution is 2.36. The molecule has 10 heavy (non-hydrogen) atoms. The molecule has 2 heteroatoms. The molecular formula is C8H16N2. The highest BCUT2D eigenvalue weighted by atomic mass is 15.2. The van der Waals surface area contributed by atoms with Gasteiger partial charge in [-0.05, 0) is 20.4 Å². The predicted molar refractivity (Wildman–Crippen MR) is 42.0 cm³/mol. The molecule has 2 aliphatic heterocycles. The van der Waals surface area contributed by atoms with Crippen LogP contribution in [0.25, 0.3) is 0 Å². The van der Waals surface area contributed by atoms with Gasteiger partial charge in [-0.2, -0.15) is 0 Å². The molecule has 2 fully saturated rings. The molecule has 0 aromatic carbocycles. The third kappa shape index (κ3) is 0.789. The largest absolute Gasteiger partial charge is 0.315 e. The molecule has 1 atom stereocenters. The van der Waals surface area contributed by atoms with Crippen LogP contribution >= 0.6 is 0 Å². The first-order valence-corrected chi connectivity index (χ1v) is 4.13. The van der Waals surface area contributed by atoms with Crippen molar-refractivity contribution < 1.29 is 0 Å². The summed E-state index contributed by atoms with van der Waals surface area (Å²) in [6.45, 7) is 6.14. The molecule has 1 N–H and O–H groups in total. The second-order valence-electron chi connectivity index (χ2n) is 4.07. The Kier molecular flexibility index (Phi) is 1.29. The fraction of sp³-hybridized carbons (Fsp3) is 1.00. The fourth-order valence-electron chi connectivity index (χ4n) is 2.27. The van der Waals surface area contributed by atoms with Crippen molar-refractivity contribution in [3.63, 3.8) is 0 Å². The topological polar surface area (TPSA) is 15.3 Å². The average Bonchev–Trinajstić information content (AvgIpc) is 2.08. The van der Waals surface area contributed by atoms with Crippen molar-refractivity contribution in [2.75, 3.05) is 26.7 Å². The van der Waals surface area contributed by atoms with Crippen LogP contribution in [0.5, 0.6) is 0 Å². The molecule has 58 valence electrons. The second-order valence-corrected chi connectivity index (χ2v) is 4.07. The van der Waals surface area contributed by atoms with E-state index in [1.807, 2.05) is 0 Å². The Bertz CT molecular complexity index is 128. The van der Waals surface area contributed by atoms with Gasteiger partial charge in [0.25, 0.3) is 0 Å². The van der Waals surface area contributed by atoms with E-state index < -0.39 is 0 Å². The second kappa shape index (κ2) is 1.95. The first-order chi connectivity index (χ1) is 4.72. The summed E-state index contributed by atoms with van der Waals surface area (Å²) in [5.41, 5.74) is 0.675. The van der Waals surface area contributed by atoms with Gasteiger partial charge in [0.05, 0.1) is 0 Å². The molecular weight excluding hydrogens is 124 g/mol. The number of nitrogens with zero attached hydrogens (tertiary/aromatic N) is 1. The molecule has 0 saturated carbocycles. The maximum atomic E-state index is 3.36. The van der Waals surface area contributed by atoms with E-state index in [-0.39, 0.29) is 0 Å². The van der Waals surface area contributed by atoms with Gasteiger partial charge in [-0.3, -0.25) is 0 Å². The number of hydrogen-bond donors (Lipinski definition) is 1. The molecule has 0 aliphatic carbocycles. The van der Waals surface area contributed by atoms with Gasteiger partial charge in [0.15, 0.2) is 0 Å². The minimum Gasteiger partial charge on any atom is -0.315 e. The average molecular weight is 140 g/mol. The Morgan fingerprint density at radius 1 is 1.50 bits per heavy atom. The van der Waals surface area contributed by atoms with Crippen LogP contribution in [0, 0.1) is 5.41 Å². The van der Waals surface area contributed by atoms with Crippen molar-refractivity contribution >= 4 is 0 Å². The van der Waals surface area contributed by atoms with E-state index in [2.05, 4.69) is 24.2 Å². The summed E-state index contributed by atoms with van der Waals surface area (Å²) in [4.78, 5) is 2.47. The van der Waals surface area contributed by atoms with Gasteiger partial charge in [0.1, 0.15) is 0 Å². The van der Waals surface area contributed by atoms with Gasteiger partial charge in [0, 0.05) is 31.1 Å². The lowest BCUT2D eigenvalue weighted by Crippen LogP contribution is -2.54. The van der Waals surface area contributed by atoms with Crippen molar-refractivity contribution in [2.24, 2.45) is 5.41 Å². The third-order valence-electron chi connectivity index (χ3n) is 3.07. The third-order valence-corrected chi connectivity index (χ3v) is 3.07. The number of likely N-dealkylation sites (tertiary alicyclic amines) is 1. The summed E-state index contributed by atoms with van der Waals surface area (Å²) in [6, 6.07) is 0.807. The van der Waals surface area contributed by atoms with Crippen molar-refractivity contribution in [1.82, 2.24) is 10.2 Å². The number of nitrogens with one attached hydrogen (secondary N) is 1. The zero-order valence-electron chi connectivity index (χ0n) is 6.85. The van der Waals surface area contributed by atoms with E-state index >= 15 is 0 Å². The van der Waals surface area contributed by atoms with Gasteiger partial charge in [-0.15, -0.1) is 0 Å². The lowest BCUT2D eigenvalue weighted by Gasteiger charge is -2.39. The normalized spacial score (nSPS) is 38.4. The van der Waals surface area contributed by atoms with Gasteiger partial charge < -0.3 is 10.2 Å². The zero-order chi connectivity index (χ0) is 7.19. The molecule has 0 amide bonds. The van der Waals surface area contributed by atoms with Crippen LogP contribution in [0.1, 0.15) is 13.3 Å². The molecule has 0 aromatic heterocycles. The van der Waals surface area contributed by atoms with E-state index in [9.17, 15) is 0 Å². The summed E-state index contributed by atoms with van der Waals surface area (Å²) < 4.78 is 0. The van der Waals surface area contributed by atoms with Crippen LogP contribution in [0.15, 0.2) is 0 Å². The monoisotopic (exact) mass is 140 g/mol. The summed E-state index contributed by atoms with van der Waals surface area (Å²) in [5.74, 6) is 0. The molecule has 2 rings (SSSR count). The Morgan fingerprint density at radius 3 is 2.40 bits per heavy atom. The molecule has 2 nitrogen and oxygen atoms in total. The Labute approximate surface area is 62.6 Å². The number of hydrogen-bond acceptors (Lipinski definition) is 2. The van der Waals surface area contributed by atoms with Crippen LogP contribution in [0.2, 0.25) is 0 Å². The molecule has 0 aromatic rings. The summed E-state index contributed by atoms with van der Waals surface area (Å²) in [5, 5.41) is 3.36. The van der Waals surface area contributed by atoms with Gasteiger partial charge in [-0.25, -0.2) is 0 Å². The molecule has 0 bridgehead atoms. The van der Waals surface area contributed by atoms with E-state index in [0.717, 1.165) is 6.04 Å².